The number of nitrogens with two attached hydrogens (primary N) is 1. The van der Waals surface area contributed by atoms with E-state index in [9.17, 15) is 12.3 Å². The summed E-state index contributed by atoms with van der Waals surface area (Å²) in [5.41, 5.74) is 5.14. The van der Waals surface area contributed by atoms with Crippen LogP contribution in [0.3, 0.4) is 0 Å². The number of anilines is 1. The summed E-state index contributed by atoms with van der Waals surface area (Å²) in [6.45, 7) is 0. The summed E-state index contributed by atoms with van der Waals surface area (Å²) in [5.74, 6) is 0.150. The van der Waals surface area contributed by atoms with Gasteiger partial charge in [0.1, 0.15) is 10.7 Å². The van der Waals surface area contributed by atoms with Gasteiger partial charge in [-0.15, -0.1) is 3.89 Å². The molecule has 1 aromatic rings. The Labute approximate surface area is 63.1 Å². The van der Waals surface area contributed by atoms with Crippen molar-refractivity contribution in [1.82, 2.24) is 4.98 Å². The minimum Gasteiger partial charge on any atom is -0.384 e. The van der Waals surface area contributed by atoms with Gasteiger partial charge in [0.05, 0.1) is 6.20 Å². The third kappa shape index (κ3) is 1.87. The molecular formula is C5H5FN2O2S. The summed E-state index contributed by atoms with van der Waals surface area (Å²) in [4.78, 5) is 2.92. The Morgan fingerprint density at radius 1 is 1.45 bits per heavy atom. The molecule has 1 rings (SSSR count). The van der Waals surface area contributed by atoms with E-state index in [2.05, 4.69) is 4.98 Å². The largest absolute Gasteiger partial charge is 0.384 e. The van der Waals surface area contributed by atoms with E-state index >= 15 is 0 Å². The Balaban J connectivity index is 3.20. The topological polar surface area (TPSA) is 73.1 Å². The van der Waals surface area contributed by atoms with Crippen LogP contribution in [0.1, 0.15) is 0 Å². The third-order valence-electron chi connectivity index (χ3n) is 1.04. The van der Waals surface area contributed by atoms with Crippen LogP contribution < -0.4 is 5.73 Å². The van der Waals surface area contributed by atoms with Crippen LogP contribution >= 0.6 is 0 Å². The van der Waals surface area contributed by atoms with Gasteiger partial charge in [-0.1, -0.05) is 0 Å². The van der Waals surface area contributed by atoms with Crippen molar-refractivity contribution in [1.29, 1.82) is 0 Å². The lowest BCUT2D eigenvalue weighted by Crippen LogP contribution is -1.95. The summed E-state index contributed by atoms with van der Waals surface area (Å²) >= 11 is 0. The van der Waals surface area contributed by atoms with Gasteiger partial charge in [-0.05, 0) is 12.1 Å². The lowest BCUT2D eigenvalue weighted by Gasteiger charge is -1.93. The number of hydrogen-bond acceptors (Lipinski definition) is 4. The van der Waals surface area contributed by atoms with E-state index in [1.54, 1.807) is 0 Å². The van der Waals surface area contributed by atoms with Crippen LogP contribution in [0.4, 0.5) is 9.70 Å². The van der Waals surface area contributed by atoms with Crippen molar-refractivity contribution in [2.75, 3.05) is 5.73 Å². The lowest BCUT2D eigenvalue weighted by atomic mass is 10.5. The first-order valence-electron chi connectivity index (χ1n) is 2.66. The highest BCUT2D eigenvalue weighted by molar-refractivity contribution is 7.86. The molecule has 2 N–H and O–H groups in total. The maximum atomic E-state index is 12.1. The van der Waals surface area contributed by atoms with Crippen molar-refractivity contribution >= 4 is 16.0 Å². The highest BCUT2D eigenvalue weighted by Crippen LogP contribution is 2.10. The molecule has 0 aromatic carbocycles. The molecule has 0 radical (unpaired) electrons. The van der Waals surface area contributed by atoms with Crippen LogP contribution in [-0.2, 0) is 10.2 Å². The van der Waals surface area contributed by atoms with E-state index < -0.39 is 15.1 Å². The minimum atomic E-state index is -4.64. The molecule has 0 unspecified atom stereocenters. The van der Waals surface area contributed by atoms with E-state index in [-0.39, 0.29) is 5.82 Å². The second kappa shape index (κ2) is 2.46. The Hall–Kier alpha value is -1.17. The first-order valence-corrected chi connectivity index (χ1v) is 4.05. The quantitative estimate of drug-likeness (QED) is 0.625. The van der Waals surface area contributed by atoms with Gasteiger partial charge in [0.25, 0.3) is 0 Å². The Kier molecular flexibility index (Phi) is 1.77. The van der Waals surface area contributed by atoms with E-state index in [1.165, 1.54) is 6.07 Å². The molecule has 6 heteroatoms. The zero-order chi connectivity index (χ0) is 8.48. The Morgan fingerprint density at radius 2 is 2.09 bits per heavy atom. The molecule has 0 amide bonds. The monoisotopic (exact) mass is 176 g/mol. The minimum absolute atomic E-state index is 0.150. The molecule has 0 atom stereocenters. The molecule has 1 aromatic heterocycles. The first-order chi connectivity index (χ1) is 5.00. The van der Waals surface area contributed by atoms with E-state index in [0.29, 0.717) is 0 Å². The molecular weight excluding hydrogens is 171 g/mol. The standard InChI is InChI=1S/C5H5FN2O2S/c6-11(9,10)4-1-2-5(7)8-3-4/h1-3H,(H2,7,8). The van der Waals surface area contributed by atoms with Crippen LogP contribution in [0.15, 0.2) is 23.2 Å². The Morgan fingerprint density at radius 3 is 2.45 bits per heavy atom. The molecule has 0 saturated carbocycles. The molecule has 1 heterocycles. The third-order valence-corrected chi connectivity index (χ3v) is 1.85. The number of aromatic nitrogens is 1. The zero-order valence-electron chi connectivity index (χ0n) is 5.36. The predicted octanol–water partition coefficient (Wildman–Crippen LogP) is 0.322. The van der Waals surface area contributed by atoms with Gasteiger partial charge in [-0.25, -0.2) is 4.98 Å². The van der Waals surface area contributed by atoms with Gasteiger partial charge in [0.15, 0.2) is 0 Å². The molecule has 0 aliphatic heterocycles. The molecule has 0 aliphatic carbocycles. The van der Waals surface area contributed by atoms with E-state index in [4.69, 9.17) is 5.73 Å². The van der Waals surface area contributed by atoms with Gasteiger partial charge in [0.2, 0.25) is 0 Å². The van der Waals surface area contributed by atoms with Crippen LogP contribution in [0, 0.1) is 0 Å². The molecule has 0 aliphatic rings. The van der Waals surface area contributed by atoms with E-state index in [1.807, 2.05) is 0 Å². The molecule has 0 bridgehead atoms. The predicted molar refractivity (Wildman–Crippen MR) is 36.9 cm³/mol. The summed E-state index contributed by atoms with van der Waals surface area (Å²) in [6, 6.07) is 2.27. The number of nitrogen functional groups attached to an aromatic ring is 1. The van der Waals surface area contributed by atoms with Crippen LogP contribution in [0.25, 0.3) is 0 Å². The van der Waals surface area contributed by atoms with Gasteiger partial charge in [0, 0.05) is 0 Å². The molecule has 60 valence electrons. The lowest BCUT2D eigenvalue weighted by molar-refractivity contribution is 0.551. The number of rotatable bonds is 1. The zero-order valence-corrected chi connectivity index (χ0v) is 6.18. The normalized spacial score (nSPS) is 11.4. The van der Waals surface area contributed by atoms with Crippen molar-refractivity contribution < 1.29 is 12.3 Å². The molecule has 11 heavy (non-hydrogen) atoms. The average molecular weight is 176 g/mol. The summed E-state index contributed by atoms with van der Waals surface area (Å²) < 4.78 is 32.5. The maximum absolute atomic E-state index is 12.1. The van der Waals surface area contributed by atoms with E-state index in [0.717, 1.165) is 12.3 Å². The van der Waals surface area contributed by atoms with Gasteiger partial charge in [-0.2, -0.15) is 8.42 Å². The Bertz CT molecular complexity index is 345. The fourth-order valence-electron chi connectivity index (χ4n) is 0.536. The number of pyridine rings is 1. The molecule has 0 fully saturated rings. The van der Waals surface area contributed by atoms with Gasteiger partial charge in [-0.3, -0.25) is 0 Å². The summed E-state index contributed by atoms with van der Waals surface area (Å²) in [7, 11) is -4.64. The average Bonchev–Trinajstić information content (AvgIpc) is 1.86. The SMILES string of the molecule is Nc1ccc(S(=O)(=O)F)cn1. The fraction of sp³-hybridized carbons (Fsp3) is 0. The highest BCUT2D eigenvalue weighted by Gasteiger charge is 2.10. The number of nitrogens with zero attached hydrogens (tertiary/aromatic N) is 1. The van der Waals surface area contributed by atoms with Crippen LogP contribution in [0.5, 0.6) is 0 Å². The van der Waals surface area contributed by atoms with Gasteiger partial charge >= 0.3 is 10.2 Å². The maximum Gasteiger partial charge on any atom is 0.333 e. The van der Waals surface area contributed by atoms with Crippen LogP contribution in [0.2, 0.25) is 0 Å². The second-order valence-corrected chi connectivity index (χ2v) is 3.20. The van der Waals surface area contributed by atoms with Crippen molar-refractivity contribution in [2.24, 2.45) is 0 Å². The first kappa shape index (κ1) is 7.93. The number of hydrogen-bond donors (Lipinski definition) is 1. The molecule has 4 nitrogen and oxygen atoms in total. The number of halogens is 1. The van der Waals surface area contributed by atoms with Crippen molar-refractivity contribution in [3.05, 3.63) is 18.3 Å². The van der Waals surface area contributed by atoms with Crippen LogP contribution in [-0.4, -0.2) is 13.4 Å². The molecule has 0 spiro atoms. The van der Waals surface area contributed by atoms with Crippen molar-refractivity contribution in [2.45, 2.75) is 4.90 Å². The van der Waals surface area contributed by atoms with Gasteiger partial charge < -0.3 is 5.73 Å². The summed E-state index contributed by atoms with van der Waals surface area (Å²) in [5, 5.41) is 0. The summed E-state index contributed by atoms with van der Waals surface area (Å²) in [6.07, 6.45) is 0.866. The molecule has 0 saturated heterocycles. The second-order valence-electron chi connectivity index (χ2n) is 1.86. The highest BCUT2D eigenvalue weighted by atomic mass is 32.3. The van der Waals surface area contributed by atoms with Crippen molar-refractivity contribution in [3.8, 4) is 0 Å². The smallest absolute Gasteiger partial charge is 0.333 e. The van der Waals surface area contributed by atoms with Crippen molar-refractivity contribution in [3.63, 3.8) is 0 Å². The fourth-order valence-corrected chi connectivity index (χ4v) is 0.945.